The van der Waals surface area contributed by atoms with Crippen LogP contribution in [0.1, 0.15) is 30.9 Å². The van der Waals surface area contributed by atoms with E-state index < -0.39 is 0 Å². The van der Waals surface area contributed by atoms with Crippen molar-refractivity contribution in [3.05, 3.63) is 47.1 Å². The molecule has 0 spiro atoms. The van der Waals surface area contributed by atoms with E-state index in [0.29, 0.717) is 18.2 Å². The number of benzene rings is 1. The third-order valence-electron chi connectivity index (χ3n) is 2.92. The average Bonchev–Trinajstić information content (AvgIpc) is 2.87. The molecule has 114 valence electrons. The number of halogens is 1. The molecule has 0 bridgehead atoms. The van der Waals surface area contributed by atoms with Gasteiger partial charge in [0, 0.05) is 12.6 Å². The van der Waals surface area contributed by atoms with Gasteiger partial charge in [-0.05, 0) is 37.1 Å². The summed E-state index contributed by atoms with van der Waals surface area (Å²) >= 11 is 0. The number of aromatic nitrogens is 1. The first-order valence-electron chi connectivity index (χ1n) is 7.08. The molecule has 0 saturated heterocycles. The van der Waals surface area contributed by atoms with Crippen LogP contribution in [0.2, 0.25) is 0 Å². The second-order valence-electron chi connectivity index (χ2n) is 5.53. The van der Waals surface area contributed by atoms with Gasteiger partial charge in [-0.2, -0.15) is 0 Å². The SMILES string of the molecule is Cc1ccc(F)c(OCc2cc(CNCC(C)C)no2)c1. The topological polar surface area (TPSA) is 47.3 Å². The summed E-state index contributed by atoms with van der Waals surface area (Å²) < 4.78 is 24.1. The third kappa shape index (κ3) is 4.86. The van der Waals surface area contributed by atoms with Crippen LogP contribution in [-0.2, 0) is 13.2 Å². The van der Waals surface area contributed by atoms with Crippen molar-refractivity contribution in [2.75, 3.05) is 6.54 Å². The highest BCUT2D eigenvalue weighted by Gasteiger charge is 2.08. The summed E-state index contributed by atoms with van der Waals surface area (Å²) in [6.45, 7) is 7.92. The predicted molar refractivity (Wildman–Crippen MR) is 78.5 cm³/mol. The molecule has 2 rings (SSSR count). The number of nitrogens with one attached hydrogen (secondary N) is 1. The Balaban J connectivity index is 1.86. The van der Waals surface area contributed by atoms with Crippen molar-refractivity contribution in [1.29, 1.82) is 0 Å². The lowest BCUT2D eigenvalue weighted by atomic mass is 10.2. The Bertz CT molecular complexity index is 581. The third-order valence-corrected chi connectivity index (χ3v) is 2.92. The van der Waals surface area contributed by atoms with Gasteiger partial charge in [0.15, 0.2) is 17.3 Å². The minimum absolute atomic E-state index is 0.164. The molecule has 1 N–H and O–H groups in total. The molecule has 0 aliphatic rings. The molecule has 0 fully saturated rings. The van der Waals surface area contributed by atoms with Gasteiger partial charge in [-0.15, -0.1) is 0 Å². The number of hydrogen-bond donors (Lipinski definition) is 1. The van der Waals surface area contributed by atoms with Gasteiger partial charge >= 0.3 is 0 Å². The summed E-state index contributed by atoms with van der Waals surface area (Å²) in [6, 6.07) is 6.58. The van der Waals surface area contributed by atoms with Gasteiger partial charge in [0.25, 0.3) is 0 Å². The second-order valence-corrected chi connectivity index (χ2v) is 5.53. The van der Waals surface area contributed by atoms with Gasteiger partial charge in [-0.1, -0.05) is 25.1 Å². The summed E-state index contributed by atoms with van der Waals surface area (Å²) in [4.78, 5) is 0. The number of rotatable bonds is 7. The van der Waals surface area contributed by atoms with Gasteiger partial charge in [-0.3, -0.25) is 0 Å². The van der Waals surface area contributed by atoms with Crippen LogP contribution in [0.15, 0.2) is 28.8 Å². The summed E-state index contributed by atoms with van der Waals surface area (Å²) in [5.41, 5.74) is 1.77. The van der Waals surface area contributed by atoms with Crippen LogP contribution in [0.4, 0.5) is 4.39 Å². The first-order valence-corrected chi connectivity index (χ1v) is 7.08. The quantitative estimate of drug-likeness (QED) is 0.849. The fourth-order valence-corrected chi connectivity index (χ4v) is 1.87. The second kappa shape index (κ2) is 7.22. The lowest BCUT2D eigenvalue weighted by molar-refractivity contribution is 0.239. The highest BCUT2D eigenvalue weighted by molar-refractivity contribution is 5.29. The van der Waals surface area contributed by atoms with E-state index in [4.69, 9.17) is 9.26 Å². The Morgan fingerprint density at radius 1 is 1.33 bits per heavy atom. The van der Waals surface area contributed by atoms with Crippen LogP contribution in [0, 0.1) is 18.7 Å². The smallest absolute Gasteiger partial charge is 0.174 e. The molecule has 1 aromatic heterocycles. The number of nitrogens with zero attached hydrogens (tertiary/aromatic N) is 1. The van der Waals surface area contributed by atoms with E-state index in [1.165, 1.54) is 6.07 Å². The van der Waals surface area contributed by atoms with Crippen molar-refractivity contribution in [3.63, 3.8) is 0 Å². The lowest BCUT2D eigenvalue weighted by Gasteiger charge is -2.05. The maximum Gasteiger partial charge on any atom is 0.174 e. The highest BCUT2D eigenvalue weighted by atomic mass is 19.1. The fourth-order valence-electron chi connectivity index (χ4n) is 1.87. The summed E-state index contributed by atoms with van der Waals surface area (Å²) in [7, 11) is 0. The lowest BCUT2D eigenvalue weighted by Crippen LogP contribution is -2.19. The first kappa shape index (κ1) is 15.5. The van der Waals surface area contributed by atoms with E-state index in [9.17, 15) is 4.39 Å². The molecule has 0 amide bonds. The van der Waals surface area contributed by atoms with Gasteiger partial charge in [0.05, 0.1) is 5.69 Å². The molecule has 0 atom stereocenters. The summed E-state index contributed by atoms with van der Waals surface area (Å²) in [5, 5.41) is 7.24. The highest BCUT2D eigenvalue weighted by Crippen LogP contribution is 2.19. The minimum atomic E-state index is -0.376. The number of aryl methyl sites for hydroxylation is 1. The summed E-state index contributed by atoms with van der Waals surface area (Å²) in [6.07, 6.45) is 0. The van der Waals surface area contributed by atoms with Crippen molar-refractivity contribution in [2.24, 2.45) is 5.92 Å². The average molecular weight is 292 g/mol. The molecule has 2 aromatic rings. The van der Waals surface area contributed by atoms with Gasteiger partial charge in [-0.25, -0.2) is 4.39 Å². The Hall–Kier alpha value is -1.88. The molecule has 1 aromatic carbocycles. The Morgan fingerprint density at radius 3 is 2.90 bits per heavy atom. The van der Waals surface area contributed by atoms with Crippen molar-refractivity contribution < 1.29 is 13.7 Å². The van der Waals surface area contributed by atoms with E-state index in [1.54, 1.807) is 12.1 Å². The summed E-state index contributed by atoms with van der Waals surface area (Å²) in [5.74, 6) is 1.02. The van der Waals surface area contributed by atoms with Gasteiger partial charge in [0.2, 0.25) is 0 Å². The van der Waals surface area contributed by atoms with Gasteiger partial charge in [0.1, 0.15) is 6.61 Å². The molecule has 0 radical (unpaired) electrons. The van der Waals surface area contributed by atoms with E-state index in [-0.39, 0.29) is 18.2 Å². The zero-order valence-electron chi connectivity index (χ0n) is 12.6. The molecular formula is C16H21FN2O2. The van der Waals surface area contributed by atoms with Crippen LogP contribution in [-0.4, -0.2) is 11.7 Å². The van der Waals surface area contributed by atoms with E-state index in [0.717, 1.165) is 17.8 Å². The van der Waals surface area contributed by atoms with Crippen molar-refractivity contribution in [2.45, 2.75) is 33.9 Å². The Labute approximate surface area is 124 Å². The van der Waals surface area contributed by atoms with Crippen LogP contribution < -0.4 is 10.1 Å². The predicted octanol–water partition coefficient (Wildman–Crippen LogP) is 3.45. The fraction of sp³-hybridized carbons (Fsp3) is 0.438. The zero-order valence-corrected chi connectivity index (χ0v) is 12.6. The van der Waals surface area contributed by atoms with Crippen molar-refractivity contribution in [3.8, 4) is 5.75 Å². The molecule has 0 unspecified atom stereocenters. The maximum atomic E-state index is 13.5. The van der Waals surface area contributed by atoms with E-state index >= 15 is 0 Å². The van der Waals surface area contributed by atoms with E-state index in [2.05, 4.69) is 24.3 Å². The van der Waals surface area contributed by atoms with Crippen LogP contribution in [0.25, 0.3) is 0 Å². The molecule has 0 aliphatic carbocycles. The Morgan fingerprint density at radius 2 is 2.14 bits per heavy atom. The molecule has 5 heteroatoms. The molecule has 0 aliphatic heterocycles. The van der Waals surface area contributed by atoms with Crippen molar-refractivity contribution >= 4 is 0 Å². The van der Waals surface area contributed by atoms with Crippen LogP contribution >= 0.6 is 0 Å². The van der Waals surface area contributed by atoms with Crippen LogP contribution in [0.3, 0.4) is 0 Å². The maximum absolute atomic E-state index is 13.5. The van der Waals surface area contributed by atoms with Crippen LogP contribution in [0.5, 0.6) is 5.75 Å². The van der Waals surface area contributed by atoms with E-state index in [1.807, 2.05) is 13.0 Å². The number of hydrogen-bond acceptors (Lipinski definition) is 4. The molecular weight excluding hydrogens is 271 g/mol. The monoisotopic (exact) mass is 292 g/mol. The molecule has 0 saturated carbocycles. The zero-order chi connectivity index (χ0) is 15.2. The Kier molecular flexibility index (Phi) is 5.33. The van der Waals surface area contributed by atoms with Crippen molar-refractivity contribution in [1.82, 2.24) is 10.5 Å². The largest absolute Gasteiger partial charge is 0.482 e. The molecule has 4 nitrogen and oxygen atoms in total. The molecule has 1 heterocycles. The number of ether oxygens (including phenoxy) is 1. The minimum Gasteiger partial charge on any atom is -0.482 e. The normalized spacial score (nSPS) is 11.1. The molecule has 21 heavy (non-hydrogen) atoms. The van der Waals surface area contributed by atoms with Gasteiger partial charge < -0.3 is 14.6 Å². The first-order chi connectivity index (χ1) is 10.0. The standard InChI is InChI=1S/C16H21FN2O2/c1-11(2)8-18-9-13-7-14(21-19-13)10-20-16-6-12(3)4-5-15(16)17/h4-7,11,18H,8-10H2,1-3H3.